The van der Waals surface area contributed by atoms with Gasteiger partial charge in [-0.3, -0.25) is 0 Å². The summed E-state index contributed by atoms with van der Waals surface area (Å²) >= 11 is 0. The Hall–Kier alpha value is -2.83. The highest BCUT2D eigenvalue weighted by molar-refractivity contribution is 5.43. The van der Waals surface area contributed by atoms with Crippen LogP contribution in [0.5, 0.6) is 5.75 Å². The first-order valence-corrected chi connectivity index (χ1v) is 6.66. The Kier molecular flexibility index (Phi) is 3.55. The Labute approximate surface area is 120 Å². The molecule has 3 aromatic rings. The van der Waals surface area contributed by atoms with E-state index in [2.05, 4.69) is 20.6 Å². The molecule has 108 valence electrons. The Bertz CT molecular complexity index is 808. The van der Waals surface area contributed by atoms with E-state index in [-0.39, 0.29) is 5.69 Å². The predicted octanol–water partition coefficient (Wildman–Crippen LogP) is 1.43. The maximum absolute atomic E-state index is 11.5. The van der Waals surface area contributed by atoms with Gasteiger partial charge in [-0.05, 0) is 36.8 Å². The smallest absolute Gasteiger partial charge is 0.364 e. The van der Waals surface area contributed by atoms with Crippen molar-refractivity contribution in [1.82, 2.24) is 19.8 Å². The van der Waals surface area contributed by atoms with Gasteiger partial charge in [0.1, 0.15) is 11.6 Å². The van der Waals surface area contributed by atoms with Gasteiger partial charge in [0.2, 0.25) is 0 Å². The molecule has 21 heavy (non-hydrogen) atoms. The molecule has 7 heteroatoms. The van der Waals surface area contributed by atoms with Crippen molar-refractivity contribution in [2.75, 3.05) is 11.9 Å². The second kappa shape index (κ2) is 5.66. The van der Waals surface area contributed by atoms with Crippen LogP contribution < -0.4 is 15.7 Å². The molecule has 0 atom stereocenters. The SMILES string of the molecule is CCOc1cccc(CNc2ccc3n[nH]c(=O)n3n2)c1. The number of benzene rings is 1. The molecule has 0 aliphatic heterocycles. The van der Waals surface area contributed by atoms with Crippen LogP contribution in [0.3, 0.4) is 0 Å². The predicted molar refractivity (Wildman–Crippen MR) is 78.5 cm³/mol. The molecule has 3 rings (SSSR count). The van der Waals surface area contributed by atoms with E-state index < -0.39 is 0 Å². The fourth-order valence-electron chi connectivity index (χ4n) is 2.00. The van der Waals surface area contributed by atoms with Crippen LogP contribution in [0.2, 0.25) is 0 Å². The third-order valence-corrected chi connectivity index (χ3v) is 2.96. The Morgan fingerprint density at radius 1 is 1.33 bits per heavy atom. The van der Waals surface area contributed by atoms with Crippen molar-refractivity contribution < 1.29 is 4.74 Å². The van der Waals surface area contributed by atoms with E-state index in [9.17, 15) is 4.79 Å². The minimum Gasteiger partial charge on any atom is -0.494 e. The van der Waals surface area contributed by atoms with Gasteiger partial charge < -0.3 is 10.1 Å². The molecule has 0 unspecified atom stereocenters. The molecule has 0 saturated heterocycles. The van der Waals surface area contributed by atoms with Crippen molar-refractivity contribution in [1.29, 1.82) is 0 Å². The summed E-state index contributed by atoms with van der Waals surface area (Å²) in [4.78, 5) is 11.5. The first kappa shape index (κ1) is 13.2. The first-order valence-electron chi connectivity index (χ1n) is 6.66. The van der Waals surface area contributed by atoms with Gasteiger partial charge in [0.05, 0.1) is 6.61 Å². The summed E-state index contributed by atoms with van der Waals surface area (Å²) in [6.45, 7) is 3.18. The number of anilines is 1. The summed E-state index contributed by atoms with van der Waals surface area (Å²) in [6.07, 6.45) is 0. The van der Waals surface area contributed by atoms with Gasteiger partial charge in [-0.25, -0.2) is 9.89 Å². The van der Waals surface area contributed by atoms with E-state index in [0.717, 1.165) is 11.3 Å². The van der Waals surface area contributed by atoms with E-state index >= 15 is 0 Å². The summed E-state index contributed by atoms with van der Waals surface area (Å²) in [7, 11) is 0. The molecule has 7 nitrogen and oxygen atoms in total. The molecule has 2 N–H and O–H groups in total. The summed E-state index contributed by atoms with van der Waals surface area (Å²) in [6, 6.07) is 11.3. The largest absolute Gasteiger partial charge is 0.494 e. The summed E-state index contributed by atoms with van der Waals surface area (Å²) in [5.74, 6) is 1.44. The van der Waals surface area contributed by atoms with Crippen molar-refractivity contribution in [2.45, 2.75) is 13.5 Å². The molecule has 2 aromatic heterocycles. The van der Waals surface area contributed by atoms with E-state index in [1.54, 1.807) is 12.1 Å². The molecule has 0 aliphatic carbocycles. The Morgan fingerprint density at radius 3 is 3.10 bits per heavy atom. The highest BCUT2D eigenvalue weighted by Crippen LogP contribution is 2.14. The van der Waals surface area contributed by atoms with E-state index in [1.165, 1.54) is 4.52 Å². The summed E-state index contributed by atoms with van der Waals surface area (Å²) in [5.41, 5.74) is 1.21. The number of hydrogen-bond acceptors (Lipinski definition) is 5. The van der Waals surface area contributed by atoms with Crippen molar-refractivity contribution in [3.8, 4) is 5.75 Å². The third-order valence-electron chi connectivity index (χ3n) is 2.96. The van der Waals surface area contributed by atoms with E-state index in [0.29, 0.717) is 24.6 Å². The zero-order valence-corrected chi connectivity index (χ0v) is 11.5. The Morgan fingerprint density at radius 2 is 2.24 bits per heavy atom. The molecule has 0 radical (unpaired) electrons. The molecular formula is C14H15N5O2. The average Bonchev–Trinajstić information content (AvgIpc) is 2.87. The molecule has 0 fully saturated rings. The van der Waals surface area contributed by atoms with Crippen molar-refractivity contribution >= 4 is 11.5 Å². The lowest BCUT2D eigenvalue weighted by molar-refractivity contribution is 0.340. The molecule has 1 aromatic carbocycles. The molecule has 0 spiro atoms. The number of fused-ring (bicyclic) bond motifs is 1. The monoisotopic (exact) mass is 285 g/mol. The van der Waals surface area contributed by atoms with Crippen LogP contribution >= 0.6 is 0 Å². The highest BCUT2D eigenvalue weighted by atomic mass is 16.5. The van der Waals surface area contributed by atoms with Crippen LogP contribution in [0.25, 0.3) is 5.65 Å². The summed E-state index contributed by atoms with van der Waals surface area (Å²) < 4.78 is 6.68. The lowest BCUT2D eigenvalue weighted by atomic mass is 10.2. The lowest BCUT2D eigenvalue weighted by Crippen LogP contribution is -2.14. The maximum atomic E-state index is 11.5. The number of rotatable bonds is 5. The Balaban J connectivity index is 1.75. The summed E-state index contributed by atoms with van der Waals surface area (Å²) in [5, 5.41) is 13.5. The molecule has 0 saturated carbocycles. The highest BCUT2D eigenvalue weighted by Gasteiger charge is 2.03. The van der Waals surface area contributed by atoms with Gasteiger partial charge in [-0.15, -0.1) is 5.10 Å². The maximum Gasteiger partial charge on any atom is 0.364 e. The van der Waals surface area contributed by atoms with Crippen LogP contribution in [0.4, 0.5) is 5.82 Å². The van der Waals surface area contributed by atoms with Gasteiger partial charge >= 0.3 is 5.69 Å². The van der Waals surface area contributed by atoms with E-state index in [4.69, 9.17) is 4.74 Å². The van der Waals surface area contributed by atoms with Gasteiger partial charge in [0, 0.05) is 6.54 Å². The lowest BCUT2D eigenvalue weighted by Gasteiger charge is -2.08. The van der Waals surface area contributed by atoms with Crippen LogP contribution in [-0.4, -0.2) is 26.4 Å². The van der Waals surface area contributed by atoms with Crippen LogP contribution in [0.1, 0.15) is 12.5 Å². The first-order chi connectivity index (χ1) is 10.3. The van der Waals surface area contributed by atoms with Gasteiger partial charge in [-0.1, -0.05) is 12.1 Å². The normalized spacial score (nSPS) is 10.7. The second-order valence-electron chi connectivity index (χ2n) is 4.45. The average molecular weight is 285 g/mol. The quantitative estimate of drug-likeness (QED) is 0.741. The number of nitrogens with zero attached hydrogens (tertiary/aromatic N) is 3. The fraction of sp³-hybridized carbons (Fsp3) is 0.214. The fourth-order valence-corrected chi connectivity index (χ4v) is 2.00. The van der Waals surface area contributed by atoms with Gasteiger partial charge in [-0.2, -0.15) is 9.61 Å². The molecule has 0 amide bonds. The topological polar surface area (TPSA) is 84.3 Å². The molecular weight excluding hydrogens is 270 g/mol. The van der Waals surface area contributed by atoms with Crippen LogP contribution in [0, 0.1) is 0 Å². The zero-order chi connectivity index (χ0) is 14.7. The molecule has 2 heterocycles. The van der Waals surface area contributed by atoms with Crippen molar-refractivity contribution in [3.63, 3.8) is 0 Å². The molecule has 0 bridgehead atoms. The standard InChI is InChI=1S/C14H15N5O2/c1-2-21-11-5-3-4-10(8-11)9-15-12-6-7-13-16-17-14(20)19(13)18-12/h3-8H,2,9H2,1H3,(H,15,18)(H,17,20). The zero-order valence-electron chi connectivity index (χ0n) is 11.5. The number of H-pyrrole nitrogens is 1. The minimum atomic E-state index is -0.355. The van der Waals surface area contributed by atoms with Crippen molar-refractivity contribution in [2.24, 2.45) is 0 Å². The van der Waals surface area contributed by atoms with E-state index in [1.807, 2.05) is 31.2 Å². The number of nitrogens with one attached hydrogen (secondary N) is 2. The minimum absolute atomic E-state index is 0.355. The number of hydrogen-bond donors (Lipinski definition) is 2. The third kappa shape index (κ3) is 2.86. The second-order valence-corrected chi connectivity index (χ2v) is 4.45. The number of ether oxygens (including phenoxy) is 1. The van der Waals surface area contributed by atoms with Crippen LogP contribution in [0.15, 0.2) is 41.2 Å². The number of aromatic amines is 1. The van der Waals surface area contributed by atoms with Crippen molar-refractivity contribution in [3.05, 3.63) is 52.4 Å². The van der Waals surface area contributed by atoms with Gasteiger partial charge in [0.15, 0.2) is 5.65 Å². The van der Waals surface area contributed by atoms with Gasteiger partial charge in [0.25, 0.3) is 0 Å². The molecule has 0 aliphatic rings. The van der Waals surface area contributed by atoms with Crippen LogP contribution in [-0.2, 0) is 6.54 Å². The number of aromatic nitrogens is 4.